The number of carboxylic acids is 1. The monoisotopic (exact) mass is 326 g/mol. The fraction of sp³-hybridized carbons (Fsp3) is 0.263. The smallest absolute Gasteiger partial charge is 0.335 e. The van der Waals surface area contributed by atoms with Gasteiger partial charge in [0.2, 0.25) is 0 Å². The van der Waals surface area contributed by atoms with E-state index in [1.54, 1.807) is 32.0 Å². The molecule has 5 nitrogen and oxygen atoms in total. The van der Waals surface area contributed by atoms with Crippen molar-refractivity contribution in [3.63, 3.8) is 0 Å². The van der Waals surface area contributed by atoms with Crippen molar-refractivity contribution in [1.29, 1.82) is 0 Å². The minimum absolute atomic E-state index is 0.0106. The molecule has 0 fully saturated rings. The third-order valence-electron chi connectivity index (χ3n) is 3.79. The van der Waals surface area contributed by atoms with Crippen molar-refractivity contribution >= 4 is 11.9 Å². The van der Waals surface area contributed by atoms with E-state index in [9.17, 15) is 9.59 Å². The Kier molecular flexibility index (Phi) is 5.71. The summed E-state index contributed by atoms with van der Waals surface area (Å²) in [5.41, 5.74) is 3.89. The minimum Gasteiger partial charge on any atom is -0.478 e. The molecule has 0 aromatic heterocycles. The van der Waals surface area contributed by atoms with Crippen LogP contribution in [0.4, 0.5) is 0 Å². The largest absolute Gasteiger partial charge is 0.478 e. The molecule has 0 heterocycles. The Morgan fingerprint density at radius 2 is 1.58 bits per heavy atom. The first-order chi connectivity index (χ1) is 11.4. The lowest BCUT2D eigenvalue weighted by Crippen LogP contribution is -2.21. The van der Waals surface area contributed by atoms with E-state index in [1.807, 2.05) is 36.4 Å². The van der Waals surface area contributed by atoms with Gasteiger partial charge in [-0.3, -0.25) is 4.79 Å². The normalized spacial score (nSPS) is 10.5. The van der Waals surface area contributed by atoms with Crippen LogP contribution in [0.15, 0.2) is 42.5 Å². The summed E-state index contributed by atoms with van der Waals surface area (Å²) in [5.74, 6) is -0.914. The number of aryl methyl sites for hydroxylation is 1. The standard InChI is InChI=1S/C19H22N2O3/c1-13-10-15(6-9-17(13)19(23)24)12-20-11-14-4-7-16(8-5-14)18(22)21(2)3/h4-10,20H,11-12H2,1-3H3,(H,23,24). The van der Waals surface area contributed by atoms with Crippen LogP contribution in [0.25, 0.3) is 0 Å². The zero-order valence-electron chi connectivity index (χ0n) is 14.2. The van der Waals surface area contributed by atoms with Crippen LogP contribution in [0.2, 0.25) is 0 Å². The molecule has 24 heavy (non-hydrogen) atoms. The van der Waals surface area contributed by atoms with Gasteiger partial charge >= 0.3 is 5.97 Å². The number of hydrogen-bond acceptors (Lipinski definition) is 3. The number of rotatable bonds is 6. The molecule has 0 bridgehead atoms. The second kappa shape index (κ2) is 7.75. The SMILES string of the molecule is Cc1cc(CNCc2ccc(C(=O)N(C)C)cc2)ccc1C(=O)O. The van der Waals surface area contributed by atoms with E-state index in [2.05, 4.69) is 5.32 Å². The summed E-state index contributed by atoms with van der Waals surface area (Å²) in [6.07, 6.45) is 0. The fourth-order valence-electron chi connectivity index (χ4n) is 2.45. The summed E-state index contributed by atoms with van der Waals surface area (Å²) >= 11 is 0. The number of carboxylic acid groups (broad SMARTS) is 1. The summed E-state index contributed by atoms with van der Waals surface area (Å²) in [4.78, 5) is 24.4. The molecule has 0 atom stereocenters. The maximum Gasteiger partial charge on any atom is 0.335 e. The van der Waals surface area contributed by atoms with Crippen LogP contribution in [0.5, 0.6) is 0 Å². The van der Waals surface area contributed by atoms with E-state index in [1.165, 1.54) is 0 Å². The van der Waals surface area contributed by atoms with Crippen LogP contribution in [-0.4, -0.2) is 36.0 Å². The second-order valence-corrected chi connectivity index (χ2v) is 5.95. The molecule has 2 aromatic carbocycles. The van der Waals surface area contributed by atoms with Crippen molar-refractivity contribution in [2.75, 3.05) is 14.1 Å². The van der Waals surface area contributed by atoms with Gasteiger partial charge in [-0.05, 0) is 41.8 Å². The fourth-order valence-corrected chi connectivity index (χ4v) is 2.45. The predicted octanol–water partition coefficient (Wildman–Crippen LogP) is 2.68. The van der Waals surface area contributed by atoms with Crippen LogP contribution < -0.4 is 5.32 Å². The van der Waals surface area contributed by atoms with Crippen molar-refractivity contribution < 1.29 is 14.7 Å². The van der Waals surface area contributed by atoms with Gasteiger partial charge in [-0.15, -0.1) is 0 Å². The van der Waals surface area contributed by atoms with E-state index in [0.717, 1.165) is 16.7 Å². The Balaban J connectivity index is 1.91. The van der Waals surface area contributed by atoms with Gasteiger partial charge in [0.25, 0.3) is 5.91 Å². The van der Waals surface area contributed by atoms with Gasteiger partial charge in [0, 0.05) is 32.7 Å². The van der Waals surface area contributed by atoms with Crippen LogP contribution in [0.3, 0.4) is 0 Å². The van der Waals surface area contributed by atoms with Gasteiger partial charge in [0.1, 0.15) is 0 Å². The maximum atomic E-state index is 11.8. The Labute approximate surface area is 141 Å². The minimum atomic E-state index is -0.903. The predicted molar refractivity (Wildman–Crippen MR) is 93.1 cm³/mol. The van der Waals surface area contributed by atoms with Crippen LogP contribution in [0, 0.1) is 6.92 Å². The number of carbonyl (C=O) groups excluding carboxylic acids is 1. The van der Waals surface area contributed by atoms with E-state index in [4.69, 9.17) is 5.11 Å². The van der Waals surface area contributed by atoms with Crippen molar-refractivity contribution in [2.45, 2.75) is 20.0 Å². The lowest BCUT2D eigenvalue weighted by atomic mass is 10.1. The molecule has 1 amide bonds. The maximum absolute atomic E-state index is 11.8. The number of nitrogens with one attached hydrogen (secondary N) is 1. The molecule has 0 spiro atoms. The van der Waals surface area contributed by atoms with Crippen LogP contribution in [-0.2, 0) is 13.1 Å². The molecular weight excluding hydrogens is 304 g/mol. The lowest BCUT2D eigenvalue weighted by molar-refractivity contribution is 0.0695. The van der Waals surface area contributed by atoms with Gasteiger partial charge < -0.3 is 15.3 Å². The quantitative estimate of drug-likeness (QED) is 0.856. The highest BCUT2D eigenvalue weighted by Gasteiger charge is 2.08. The molecule has 0 unspecified atom stereocenters. The van der Waals surface area contributed by atoms with Crippen molar-refractivity contribution in [3.05, 3.63) is 70.3 Å². The molecule has 126 valence electrons. The summed E-state index contributed by atoms with van der Waals surface area (Å²) in [7, 11) is 3.46. The first-order valence-corrected chi connectivity index (χ1v) is 7.72. The zero-order valence-corrected chi connectivity index (χ0v) is 14.2. The number of nitrogens with zero attached hydrogens (tertiary/aromatic N) is 1. The average molecular weight is 326 g/mol. The second-order valence-electron chi connectivity index (χ2n) is 5.95. The number of aromatic carboxylic acids is 1. The molecule has 2 N–H and O–H groups in total. The molecule has 0 aliphatic carbocycles. The Bertz CT molecular complexity index is 737. The van der Waals surface area contributed by atoms with Gasteiger partial charge in [-0.25, -0.2) is 4.79 Å². The first-order valence-electron chi connectivity index (χ1n) is 7.72. The van der Waals surface area contributed by atoms with Crippen molar-refractivity contribution in [1.82, 2.24) is 10.2 Å². The molecule has 0 aliphatic rings. The topological polar surface area (TPSA) is 69.6 Å². The van der Waals surface area contributed by atoms with Crippen LogP contribution >= 0.6 is 0 Å². The highest BCUT2D eigenvalue weighted by Crippen LogP contribution is 2.12. The lowest BCUT2D eigenvalue weighted by Gasteiger charge is -2.11. The molecule has 5 heteroatoms. The summed E-state index contributed by atoms with van der Waals surface area (Å²) < 4.78 is 0. The Morgan fingerprint density at radius 3 is 2.12 bits per heavy atom. The highest BCUT2D eigenvalue weighted by molar-refractivity contribution is 5.93. The first kappa shape index (κ1) is 17.7. The van der Waals surface area contributed by atoms with Gasteiger partial charge in [-0.2, -0.15) is 0 Å². The molecule has 0 aliphatic heterocycles. The molecular formula is C19H22N2O3. The Hall–Kier alpha value is -2.66. The van der Waals surface area contributed by atoms with Gasteiger partial charge in [0.15, 0.2) is 0 Å². The van der Waals surface area contributed by atoms with Crippen LogP contribution in [0.1, 0.15) is 37.4 Å². The highest BCUT2D eigenvalue weighted by atomic mass is 16.4. The van der Waals surface area contributed by atoms with Crippen molar-refractivity contribution in [2.24, 2.45) is 0 Å². The van der Waals surface area contributed by atoms with Gasteiger partial charge in [0.05, 0.1) is 5.56 Å². The summed E-state index contributed by atoms with van der Waals surface area (Å²) in [6, 6.07) is 12.9. The van der Waals surface area contributed by atoms with E-state index in [0.29, 0.717) is 24.2 Å². The van der Waals surface area contributed by atoms with Gasteiger partial charge in [-0.1, -0.05) is 24.3 Å². The van der Waals surface area contributed by atoms with E-state index >= 15 is 0 Å². The third kappa shape index (κ3) is 4.43. The number of amides is 1. The molecule has 0 saturated heterocycles. The average Bonchev–Trinajstić information content (AvgIpc) is 2.54. The molecule has 2 rings (SSSR count). The molecule has 2 aromatic rings. The van der Waals surface area contributed by atoms with Crippen molar-refractivity contribution in [3.8, 4) is 0 Å². The number of hydrogen-bond donors (Lipinski definition) is 2. The van der Waals surface area contributed by atoms with E-state index < -0.39 is 5.97 Å². The number of carbonyl (C=O) groups is 2. The summed E-state index contributed by atoms with van der Waals surface area (Å²) in [6.45, 7) is 3.13. The summed E-state index contributed by atoms with van der Waals surface area (Å²) in [5, 5.41) is 12.4. The number of benzene rings is 2. The molecule has 0 saturated carbocycles. The zero-order chi connectivity index (χ0) is 17.7. The Morgan fingerprint density at radius 1 is 1.00 bits per heavy atom. The van der Waals surface area contributed by atoms with E-state index in [-0.39, 0.29) is 5.91 Å². The molecule has 0 radical (unpaired) electrons. The third-order valence-corrected chi connectivity index (χ3v) is 3.79.